The third-order valence-electron chi connectivity index (χ3n) is 4.60. The molecule has 0 atom stereocenters. The van der Waals surface area contributed by atoms with E-state index in [-0.39, 0.29) is 23.6 Å². The number of carbonyl (C=O) groups is 1. The minimum Gasteiger partial charge on any atom is -0.496 e. The van der Waals surface area contributed by atoms with Gasteiger partial charge in [-0.2, -0.15) is 5.10 Å². The topological polar surface area (TPSA) is 112 Å². The van der Waals surface area contributed by atoms with Gasteiger partial charge < -0.3 is 14.2 Å². The number of hydrogen-bond acceptors (Lipinski definition) is 7. The van der Waals surface area contributed by atoms with Crippen LogP contribution in [0.4, 0.5) is 5.69 Å². The van der Waals surface area contributed by atoms with Gasteiger partial charge in [0.15, 0.2) is 11.5 Å². The number of methoxy groups -OCH3 is 2. The first-order valence-corrected chi connectivity index (χ1v) is 10.5. The second kappa shape index (κ2) is 11.4. The van der Waals surface area contributed by atoms with Crippen LogP contribution in [0.15, 0.2) is 59.7 Å². The first-order chi connectivity index (χ1) is 16.3. The molecule has 0 bridgehead atoms. The van der Waals surface area contributed by atoms with Crippen LogP contribution in [0.3, 0.4) is 0 Å². The predicted octanol–water partition coefficient (Wildman–Crippen LogP) is 5.26. The Morgan fingerprint density at radius 3 is 2.44 bits per heavy atom. The highest BCUT2D eigenvalue weighted by molar-refractivity contribution is 6.35. The number of halogens is 2. The second-order valence-corrected chi connectivity index (χ2v) is 7.62. The first kappa shape index (κ1) is 24.8. The Kier molecular flexibility index (Phi) is 8.29. The van der Waals surface area contributed by atoms with E-state index in [0.29, 0.717) is 27.1 Å². The molecule has 9 nitrogen and oxygen atoms in total. The molecule has 0 aliphatic heterocycles. The zero-order chi connectivity index (χ0) is 24.7. The van der Waals surface area contributed by atoms with Crippen LogP contribution in [0, 0.1) is 10.1 Å². The predicted molar refractivity (Wildman–Crippen MR) is 128 cm³/mol. The van der Waals surface area contributed by atoms with Gasteiger partial charge in [0.2, 0.25) is 0 Å². The zero-order valence-corrected chi connectivity index (χ0v) is 19.6. The molecule has 176 valence electrons. The van der Waals surface area contributed by atoms with E-state index < -0.39 is 10.8 Å². The largest absolute Gasteiger partial charge is 0.496 e. The first-order valence-electron chi connectivity index (χ1n) is 9.73. The molecule has 0 saturated heterocycles. The lowest BCUT2D eigenvalue weighted by atomic mass is 10.1. The van der Waals surface area contributed by atoms with Crippen LogP contribution in [0.5, 0.6) is 17.2 Å². The summed E-state index contributed by atoms with van der Waals surface area (Å²) in [5.74, 6) is 0.447. The van der Waals surface area contributed by atoms with Gasteiger partial charge in [-0.3, -0.25) is 14.9 Å². The summed E-state index contributed by atoms with van der Waals surface area (Å²) in [5.41, 5.74) is 3.44. The van der Waals surface area contributed by atoms with Gasteiger partial charge >= 0.3 is 0 Å². The Bertz CT molecular complexity index is 1250. The molecule has 0 unspecified atom stereocenters. The molecule has 3 rings (SSSR count). The van der Waals surface area contributed by atoms with Gasteiger partial charge in [0.05, 0.1) is 30.9 Å². The Morgan fingerprint density at radius 2 is 1.76 bits per heavy atom. The van der Waals surface area contributed by atoms with Crippen molar-refractivity contribution in [3.05, 3.63) is 91.4 Å². The molecule has 1 N–H and O–H groups in total. The summed E-state index contributed by atoms with van der Waals surface area (Å²) < 4.78 is 16.3. The standard InChI is InChI=1S/C23H19Cl2N3O6/c1-32-20-8-6-17(28(30)31)11-18(20)23(29)27-26-12-14-3-7-21(22(9-14)33-2)34-13-15-4-5-16(24)10-19(15)25/h3-12H,13H2,1-2H3,(H,27,29)/b26-12-. The van der Waals surface area contributed by atoms with Gasteiger partial charge in [0, 0.05) is 27.7 Å². The van der Waals surface area contributed by atoms with Gasteiger partial charge in [-0.15, -0.1) is 0 Å². The van der Waals surface area contributed by atoms with Crippen molar-refractivity contribution in [1.82, 2.24) is 5.43 Å². The molecule has 1 amide bonds. The summed E-state index contributed by atoms with van der Waals surface area (Å²) in [7, 11) is 2.85. The van der Waals surface area contributed by atoms with E-state index in [1.807, 2.05) is 0 Å². The monoisotopic (exact) mass is 503 g/mol. The number of carbonyl (C=O) groups excluding carboxylic acids is 1. The number of amides is 1. The van der Waals surface area contributed by atoms with Crippen molar-refractivity contribution in [2.45, 2.75) is 6.61 Å². The molecule has 0 aromatic heterocycles. The lowest BCUT2D eigenvalue weighted by Gasteiger charge is -2.12. The van der Waals surface area contributed by atoms with Crippen molar-refractivity contribution in [2.24, 2.45) is 5.10 Å². The lowest BCUT2D eigenvalue weighted by molar-refractivity contribution is -0.384. The molecule has 0 heterocycles. The highest BCUT2D eigenvalue weighted by Crippen LogP contribution is 2.30. The highest BCUT2D eigenvalue weighted by atomic mass is 35.5. The minimum atomic E-state index is -0.663. The molecular weight excluding hydrogens is 485 g/mol. The number of nitrogens with one attached hydrogen (secondary N) is 1. The summed E-state index contributed by atoms with van der Waals surface area (Å²) in [5, 5.41) is 15.9. The molecule has 0 radical (unpaired) electrons. The van der Waals surface area contributed by atoms with Crippen molar-refractivity contribution in [1.29, 1.82) is 0 Å². The normalized spacial score (nSPS) is 10.7. The number of nitrogens with zero attached hydrogens (tertiary/aromatic N) is 2. The quantitative estimate of drug-likeness (QED) is 0.242. The summed E-state index contributed by atoms with van der Waals surface area (Å²) in [6, 6.07) is 13.9. The molecular formula is C23H19Cl2N3O6. The fourth-order valence-electron chi connectivity index (χ4n) is 2.89. The summed E-state index contributed by atoms with van der Waals surface area (Å²) >= 11 is 12.1. The Balaban J connectivity index is 1.69. The number of ether oxygens (including phenoxy) is 3. The molecule has 3 aromatic rings. The summed E-state index contributed by atoms with van der Waals surface area (Å²) in [6.07, 6.45) is 1.39. The average molecular weight is 504 g/mol. The fourth-order valence-corrected chi connectivity index (χ4v) is 3.35. The van der Waals surface area contributed by atoms with Gasteiger partial charge in [-0.25, -0.2) is 5.43 Å². The van der Waals surface area contributed by atoms with E-state index >= 15 is 0 Å². The Morgan fingerprint density at radius 1 is 1.03 bits per heavy atom. The molecule has 0 aliphatic carbocycles. The molecule has 34 heavy (non-hydrogen) atoms. The third-order valence-corrected chi connectivity index (χ3v) is 5.19. The van der Waals surface area contributed by atoms with Crippen LogP contribution in [-0.4, -0.2) is 31.3 Å². The van der Waals surface area contributed by atoms with Crippen LogP contribution < -0.4 is 19.6 Å². The Labute approximate surface area is 205 Å². The zero-order valence-electron chi connectivity index (χ0n) is 18.1. The maximum absolute atomic E-state index is 12.4. The van der Waals surface area contributed by atoms with Crippen LogP contribution in [-0.2, 0) is 6.61 Å². The average Bonchev–Trinajstić information content (AvgIpc) is 2.83. The van der Waals surface area contributed by atoms with Crippen molar-refractivity contribution >= 4 is 41.0 Å². The van der Waals surface area contributed by atoms with Crippen LogP contribution in [0.1, 0.15) is 21.5 Å². The van der Waals surface area contributed by atoms with E-state index in [9.17, 15) is 14.9 Å². The van der Waals surface area contributed by atoms with Crippen molar-refractivity contribution in [2.75, 3.05) is 14.2 Å². The number of non-ortho nitro benzene ring substituents is 1. The maximum Gasteiger partial charge on any atom is 0.275 e. The van der Waals surface area contributed by atoms with Gasteiger partial charge in [0.25, 0.3) is 11.6 Å². The Hall–Kier alpha value is -3.82. The van der Waals surface area contributed by atoms with E-state index in [1.54, 1.807) is 36.4 Å². The molecule has 0 aliphatic rings. The molecule has 0 spiro atoms. The second-order valence-electron chi connectivity index (χ2n) is 6.78. The maximum atomic E-state index is 12.4. The number of nitro groups is 1. The number of rotatable bonds is 9. The summed E-state index contributed by atoms with van der Waals surface area (Å²) in [4.78, 5) is 22.8. The third kappa shape index (κ3) is 6.15. The van der Waals surface area contributed by atoms with Gasteiger partial charge in [-0.05, 0) is 42.0 Å². The fraction of sp³-hybridized carbons (Fsp3) is 0.130. The number of hydrazone groups is 1. The smallest absolute Gasteiger partial charge is 0.275 e. The van der Waals surface area contributed by atoms with Crippen molar-refractivity contribution < 1.29 is 23.9 Å². The molecule has 0 saturated carbocycles. The van der Waals surface area contributed by atoms with E-state index in [4.69, 9.17) is 37.4 Å². The SMILES string of the molecule is COc1cc(/C=N\NC(=O)c2cc([N+](=O)[O-])ccc2OC)ccc1OCc1ccc(Cl)cc1Cl. The van der Waals surface area contributed by atoms with Crippen LogP contribution in [0.2, 0.25) is 10.0 Å². The minimum absolute atomic E-state index is 0.0176. The number of hydrogen-bond donors (Lipinski definition) is 1. The van der Waals surface area contributed by atoms with Crippen molar-refractivity contribution in [3.63, 3.8) is 0 Å². The van der Waals surface area contributed by atoms with Crippen LogP contribution in [0.25, 0.3) is 0 Å². The number of benzene rings is 3. The van der Waals surface area contributed by atoms with Crippen LogP contribution >= 0.6 is 23.2 Å². The highest BCUT2D eigenvalue weighted by Gasteiger charge is 2.17. The molecule has 11 heteroatoms. The molecule has 0 fully saturated rings. The molecule has 3 aromatic carbocycles. The van der Waals surface area contributed by atoms with Crippen molar-refractivity contribution in [3.8, 4) is 17.2 Å². The van der Waals surface area contributed by atoms with E-state index in [1.165, 1.54) is 32.6 Å². The summed E-state index contributed by atoms with van der Waals surface area (Å²) in [6.45, 7) is 0.209. The van der Waals surface area contributed by atoms with E-state index in [0.717, 1.165) is 11.6 Å². The van der Waals surface area contributed by atoms with Gasteiger partial charge in [0.1, 0.15) is 12.4 Å². The number of nitro benzene ring substituents is 1. The van der Waals surface area contributed by atoms with Gasteiger partial charge in [-0.1, -0.05) is 29.3 Å². The van der Waals surface area contributed by atoms with E-state index in [2.05, 4.69) is 10.5 Å². The lowest BCUT2D eigenvalue weighted by Crippen LogP contribution is -2.18.